The van der Waals surface area contributed by atoms with Crippen molar-refractivity contribution < 1.29 is 4.79 Å². The van der Waals surface area contributed by atoms with Gasteiger partial charge in [0.25, 0.3) is 0 Å². The van der Waals surface area contributed by atoms with Crippen molar-refractivity contribution in [2.75, 3.05) is 0 Å². The maximum atomic E-state index is 11.9. The third kappa shape index (κ3) is 3.89. The Morgan fingerprint density at radius 1 is 0.857 bits per heavy atom. The van der Waals surface area contributed by atoms with Gasteiger partial charge in [-0.2, -0.15) is 0 Å². The third-order valence-electron chi connectivity index (χ3n) is 9.86. The summed E-state index contributed by atoms with van der Waals surface area (Å²) in [6.07, 6.45) is 16.8. The summed E-state index contributed by atoms with van der Waals surface area (Å²) >= 11 is 0. The Labute approximate surface area is 174 Å². The van der Waals surface area contributed by atoms with Crippen molar-refractivity contribution in [2.24, 2.45) is 53.3 Å². The lowest BCUT2D eigenvalue weighted by Gasteiger charge is -2.50. The third-order valence-corrected chi connectivity index (χ3v) is 9.86. The fourth-order valence-corrected chi connectivity index (χ4v) is 8.29. The number of carbonyl (C=O) groups is 1. The van der Waals surface area contributed by atoms with Crippen LogP contribution in [0.1, 0.15) is 98.3 Å². The standard InChI is InChI=1S/C27H44O/c1-5-19(17(2)3)7-6-18(4)22-12-13-27-24(22)14-15-25-23-11-9-21(28)16-20(23)8-10-26(25)27/h16-19,22-27H,5-15H2,1-4H3. The molecule has 8 atom stereocenters. The largest absolute Gasteiger partial charge is 0.295 e. The molecule has 0 saturated heterocycles. The van der Waals surface area contributed by atoms with Crippen LogP contribution in [0.4, 0.5) is 0 Å². The summed E-state index contributed by atoms with van der Waals surface area (Å²) in [5, 5.41) is 0. The van der Waals surface area contributed by atoms with E-state index >= 15 is 0 Å². The van der Waals surface area contributed by atoms with Crippen LogP contribution >= 0.6 is 0 Å². The van der Waals surface area contributed by atoms with Crippen LogP contribution in [0.2, 0.25) is 0 Å². The lowest BCUT2D eigenvalue weighted by Crippen LogP contribution is -2.42. The summed E-state index contributed by atoms with van der Waals surface area (Å²) in [6.45, 7) is 9.79. The summed E-state index contributed by atoms with van der Waals surface area (Å²) in [6, 6.07) is 0. The van der Waals surface area contributed by atoms with E-state index in [1.165, 1.54) is 63.4 Å². The maximum absolute atomic E-state index is 11.9. The first-order chi connectivity index (χ1) is 13.5. The lowest BCUT2D eigenvalue weighted by molar-refractivity contribution is -0.115. The zero-order chi connectivity index (χ0) is 19.8. The van der Waals surface area contributed by atoms with Crippen LogP contribution in [-0.2, 0) is 4.79 Å². The van der Waals surface area contributed by atoms with Gasteiger partial charge in [-0.15, -0.1) is 0 Å². The van der Waals surface area contributed by atoms with Crippen LogP contribution in [0.25, 0.3) is 0 Å². The highest BCUT2D eigenvalue weighted by Crippen LogP contribution is 2.59. The number of hydrogen-bond acceptors (Lipinski definition) is 1. The second-order valence-electron chi connectivity index (χ2n) is 11.3. The molecule has 1 heteroatoms. The van der Waals surface area contributed by atoms with Gasteiger partial charge < -0.3 is 0 Å². The van der Waals surface area contributed by atoms with E-state index in [0.29, 0.717) is 5.78 Å². The Morgan fingerprint density at radius 2 is 1.57 bits per heavy atom. The molecule has 158 valence electrons. The monoisotopic (exact) mass is 384 g/mol. The molecular formula is C27H44O. The zero-order valence-electron chi connectivity index (χ0n) is 19.0. The molecule has 0 spiro atoms. The Bertz CT molecular complexity index is 587. The van der Waals surface area contributed by atoms with Crippen LogP contribution < -0.4 is 0 Å². The number of hydrogen-bond donors (Lipinski definition) is 0. The van der Waals surface area contributed by atoms with Gasteiger partial charge in [0.05, 0.1) is 0 Å². The van der Waals surface area contributed by atoms with Crippen molar-refractivity contribution in [1.82, 2.24) is 0 Å². The molecule has 3 saturated carbocycles. The van der Waals surface area contributed by atoms with E-state index in [4.69, 9.17) is 0 Å². The normalized spacial score (nSPS) is 39.8. The molecule has 0 bridgehead atoms. The fraction of sp³-hybridized carbons (Fsp3) is 0.889. The van der Waals surface area contributed by atoms with E-state index in [1.807, 2.05) is 0 Å². The van der Waals surface area contributed by atoms with Crippen molar-refractivity contribution in [3.63, 3.8) is 0 Å². The predicted molar refractivity (Wildman–Crippen MR) is 118 cm³/mol. The van der Waals surface area contributed by atoms with E-state index < -0.39 is 0 Å². The highest BCUT2D eigenvalue weighted by molar-refractivity contribution is 5.91. The maximum Gasteiger partial charge on any atom is 0.155 e. The first-order valence-corrected chi connectivity index (χ1v) is 12.7. The van der Waals surface area contributed by atoms with Crippen molar-refractivity contribution in [3.8, 4) is 0 Å². The minimum Gasteiger partial charge on any atom is -0.295 e. The SMILES string of the molecule is CCC(CCC(C)C1CCC2C1CCC1C3CCC(=O)C=C3CCC12)C(C)C. The van der Waals surface area contributed by atoms with Crippen molar-refractivity contribution in [2.45, 2.75) is 98.3 Å². The number of allylic oxidation sites excluding steroid dienone is 1. The van der Waals surface area contributed by atoms with Gasteiger partial charge in [-0.3, -0.25) is 4.79 Å². The minimum absolute atomic E-state index is 0.403. The summed E-state index contributed by atoms with van der Waals surface area (Å²) in [5.74, 6) is 8.78. The van der Waals surface area contributed by atoms with Gasteiger partial charge in [0.2, 0.25) is 0 Å². The lowest BCUT2D eigenvalue weighted by atomic mass is 9.55. The Hall–Kier alpha value is -0.590. The average Bonchev–Trinajstić information content (AvgIpc) is 3.12. The van der Waals surface area contributed by atoms with Gasteiger partial charge in [-0.25, -0.2) is 0 Å². The molecule has 0 amide bonds. The molecule has 0 heterocycles. The number of rotatable bonds is 6. The van der Waals surface area contributed by atoms with Crippen LogP contribution in [0.3, 0.4) is 0 Å². The number of carbonyl (C=O) groups excluding carboxylic acids is 1. The predicted octanol–water partition coefficient (Wildman–Crippen LogP) is 7.45. The molecule has 4 rings (SSSR count). The van der Waals surface area contributed by atoms with Crippen LogP contribution in [-0.4, -0.2) is 5.78 Å². The molecule has 4 aliphatic rings. The molecule has 1 nitrogen and oxygen atoms in total. The number of fused-ring (bicyclic) bond motifs is 5. The van der Waals surface area contributed by atoms with Crippen LogP contribution in [0.5, 0.6) is 0 Å². The fourth-order valence-electron chi connectivity index (χ4n) is 8.29. The molecule has 28 heavy (non-hydrogen) atoms. The summed E-state index contributed by atoms with van der Waals surface area (Å²) in [4.78, 5) is 11.9. The molecule has 0 aromatic carbocycles. The Morgan fingerprint density at radius 3 is 2.32 bits per heavy atom. The molecular weight excluding hydrogens is 340 g/mol. The van der Waals surface area contributed by atoms with Crippen molar-refractivity contribution in [3.05, 3.63) is 11.6 Å². The highest BCUT2D eigenvalue weighted by Gasteiger charge is 2.50. The molecule has 4 aliphatic carbocycles. The van der Waals surface area contributed by atoms with Gasteiger partial charge in [0.1, 0.15) is 0 Å². The average molecular weight is 385 g/mol. The summed E-state index contributed by atoms with van der Waals surface area (Å²) < 4.78 is 0. The van der Waals surface area contributed by atoms with Gasteiger partial charge in [0, 0.05) is 6.42 Å². The number of ketones is 1. The molecule has 3 fully saturated rings. The smallest absolute Gasteiger partial charge is 0.155 e. The first-order valence-electron chi connectivity index (χ1n) is 12.7. The minimum atomic E-state index is 0.403. The Kier molecular flexibility index (Phi) is 6.38. The summed E-state index contributed by atoms with van der Waals surface area (Å²) in [7, 11) is 0. The molecule has 0 radical (unpaired) electrons. The topological polar surface area (TPSA) is 17.1 Å². The van der Waals surface area contributed by atoms with Gasteiger partial charge in [-0.1, -0.05) is 46.1 Å². The van der Waals surface area contributed by atoms with E-state index in [-0.39, 0.29) is 0 Å². The van der Waals surface area contributed by atoms with Crippen LogP contribution in [0, 0.1) is 53.3 Å². The van der Waals surface area contributed by atoms with Gasteiger partial charge in [-0.05, 0) is 111 Å². The van der Waals surface area contributed by atoms with Crippen molar-refractivity contribution >= 4 is 5.78 Å². The second kappa shape index (κ2) is 8.65. The second-order valence-corrected chi connectivity index (χ2v) is 11.3. The first kappa shape index (κ1) is 20.7. The van der Waals surface area contributed by atoms with Crippen LogP contribution in [0.15, 0.2) is 11.6 Å². The highest BCUT2D eigenvalue weighted by atomic mass is 16.1. The zero-order valence-corrected chi connectivity index (χ0v) is 19.0. The summed E-state index contributed by atoms with van der Waals surface area (Å²) in [5.41, 5.74) is 1.54. The van der Waals surface area contributed by atoms with Crippen molar-refractivity contribution in [1.29, 1.82) is 0 Å². The Balaban J connectivity index is 1.38. The molecule has 0 aliphatic heterocycles. The quantitative estimate of drug-likeness (QED) is 0.464. The van der Waals surface area contributed by atoms with Gasteiger partial charge >= 0.3 is 0 Å². The molecule has 8 unspecified atom stereocenters. The van der Waals surface area contributed by atoms with E-state index in [1.54, 1.807) is 0 Å². The van der Waals surface area contributed by atoms with E-state index in [9.17, 15) is 4.79 Å². The van der Waals surface area contributed by atoms with E-state index in [0.717, 1.165) is 66.1 Å². The molecule has 0 aromatic heterocycles. The van der Waals surface area contributed by atoms with E-state index in [2.05, 4.69) is 33.8 Å². The molecule has 0 aromatic rings. The van der Waals surface area contributed by atoms with Gasteiger partial charge in [0.15, 0.2) is 5.78 Å². The molecule has 0 N–H and O–H groups in total.